The SMILES string of the molecule is CCOC(=O)c1cc(OC(C)C)c(N)c(OC(C)C)c1. The highest BCUT2D eigenvalue weighted by molar-refractivity contribution is 5.92. The molecular weight excluding hydrogens is 258 g/mol. The first-order valence-electron chi connectivity index (χ1n) is 6.79. The molecule has 0 radical (unpaired) electrons. The van der Waals surface area contributed by atoms with Gasteiger partial charge in [0, 0.05) is 0 Å². The summed E-state index contributed by atoms with van der Waals surface area (Å²) in [6, 6.07) is 3.17. The van der Waals surface area contributed by atoms with Gasteiger partial charge in [-0.05, 0) is 46.8 Å². The second-order valence-electron chi connectivity index (χ2n) is 4.94. The van der Waals surface area contributed by atoms with Crippen LogP contribution in [0, 0.1) is 0 Å². The van der Waals surface area contributed by atoms with Crippen molar-refractivity contribution < 1.29 is 19.0 Å². The average molecular weight is 281 g/mol. The fraction of sp³-hybridized carbons (Fsp3) is 0.533. The van der Waals surface area contributed by atoms with Crippen molar-refractivity contribution in [2.45, 2.75) is 46.8 Å². The lowest BCUT2D eigenvalue weighted by Crippen LogP contribution is -2.13. The number of carbonyl (C=O) groups is 1. The van der Waals surface area contributed by atoms with Gasteiger partial charge in [0.1, 0.15) is 17.2 Å². The van der Waals surface area contributed by atoms with E-state index < -0.39 is 5.97 Å². The number of hydrogen-bond donors (Lipinski definition) is 1. The van der Waals surface area contributed by atoms with Crippen molar-refractivity contribution in [1.82, 2.24) is 0 Å². The highest BCUT2D eigenvalue weighted by Gasteiger charge is 2.17. The van der Waals surface area contributed by atoms with Crippen LogP contribution in [0.4, 0.5) is 5.69 Å². The van der Waals surface area contributed by atoms with Crippen LogP contribution in [0.1, 0.15) is 45.0 Å². The maximum absolute atomic E-state index is 11.9. The first-order valence-corrected chi connectivity index (χ1v) is 6.79. The van der Waals surface area contributed by atoms with Crippen LogP contribution in [0.25, 0.3) is 0 Å². The molecule has 2 N–H and O–H groups in total. The molecule has 1 aromatic rings. The Hall–Kier alpha value is -1.91. The molecule has 1 rings (SSSR count). The Morgan fingerprint density at radius 3 is 1.90 bits per heavy atom. The van der Waals surface area contributed by atoms with Crippen molar-refractivity contribution in [1.29, 1.82) is 0 Å². The number of nitrogens with two attached hydrogens (primary N) is 1. The van der Waals surface area contributed by atoms with E-state index in [1.807, 2.05) is 27.7 Å². The van der Waals surface area contributed by atoms with Crippen LogP contribution in [-0.4, -0.2) is 24.8 Å². The summed E-state index contributed by atoms with van der Waals surface area (Å²) >= 11 is 0. The molecule has 1 aromatic carbocycles. The number of benzene rings is 1. The molecule has 5 nitrogen and oxygen atoms in total. The standard InChI is InChI=1S/C15H23NO4/c1-6-18-15(17)11-7-12(19-9(2)3)14(16)13(8-11)20-10(4)5/h7-10H,6,16H2,1-5H3. The lowest BCUT2D eigenvalue weighted by atomic mass is 10.1. The zero-order valence-corrected chi connectivity index (χ0v) is 12.7. The third kappa shape index (κ3) is 4.33. The van der Waals surface area contributed by atoms with E-state index in [9.17, 15) is 4.79 Å². The van der Waals surface area contributed by atoms with Gasteiger partial charge in [0.15, 0.2) is 0 Å². The third-order valence-electron chi connectivity index (χ3n) is 2.34. The number of anilines is 1. The molecule has 0 aliphatic heterocycles. The van der Waals surface area contributed by atoms with Crippen molar-refractivity contribution in [2.75, 3.05) is 12.3 Å². The average Bonchev–Trinajstić information content (AvgIpc) is 2.33. The van der Waals surface area contributed by atoms with Crippen LogP contribution in [0.15, 0.2) is 12.1 Å². The summed E-state index contributed by atoms with van der Waals surface area (Å²) in [5.41, 5.74) is 6.78. The highest BCUT2D eigenvalue weighted by atomic mass is 16.5. The molecule has 112 valence electrons. The lowest BCUT2D eigenvalue weighted by molar-refractivity contribution is 0.0525. The van der Waals surface area contributed by atoms with Crippen molar-refractivity contribution >= 4 is 11.7 Å². The second kappa shape index (κ2) is 7.03. The van der Waals surface area contributed by atoms with Crippen molar-refractivity contribution in [3.63, 3.8) is 0 Å². The first kappa shape index (κ1) is 16.1. The first-order chi connectivity index (χ1) is 9.35. The molecule has 0 spiro atoms. The number of ether oxygens (including phenoxy) is 3. The Morgan fingerprint density at radius 2 is 1.55 bits per heavy atom. The van der Waals surface area contributed by atoms with Gasteiger partial charge in [0.05, 0.1) is 24.4 Å². The van der Waals surface area contributed by atoms with Gasteiger partial charge >= 0.3 is 5.97 Å². The van der Waals surface area contributed by atoms with Crippen LogP contribution in [0.3, 0.4) is 0 Å². The van der Waals surface area contributed by atoms with E-state index in [2.05, 4.69) is 0 Å². The summed E-state index contributed by atoms with van der Waals surface area (Å²) in [5.74, 6) is 0.442. The van der Waals surface area contributed by atoms with E-state index in [1.165, 1.54) is 0 Å². The van der Waals surface area contributed by atoms with Crippen LogP contribution in [-0.2, 0) is 4.74 Å². The molecule has 20 heavy (non-hydrogen) atoms. The zero-order chi connectivity index (χ0) is 15.3. The van der Waals surface area contributed by atoms with E-state index in [0.717, 1.165) is 0 Å². The normalized spacial score (nSPS) is 10.8. The summed E-state index contributed by atoms with van der Waals surface area (Å²) in [7, 11) is 0. The largest absolute Gasteiger partial charge is 0.489 e. The Bertz CT molecular complexity index is 438. The molecule has 0 aromatic heterocycles. The van der Waals surface area contributed by atoms with Crippen LogP contribution < -0.4 is 15.2 Å². The fourth-order valence-corrected chi connectivity index (χ4v) is 1.64. The Kier molecular flexibility index (Phi) is 5.67. The van der Waals surface area contributed by atoms with Gasteiger partial charge in [0.2, 0.25) is 0 Å². The van der Waals surface area contributed by atoms with Crippen LogP contribution in [0.5, 0.6) is 11.5 Å². The van der Waals surface area contributed by atoms with Crippen molar-refractivity contribution in [3.8, 4) is 11.5 Å². The Balaban J connectivity index is 3.21. The smallest absolute Gasteiger partial charge is 0.338 e. The number of hydrogen-bond acceptors (Lipinski definition) is 5. The summed E-state index contributed by atoms with van der Waals surface area (Å²) < 4.78 is 16.2. The quantitative estimate of drug-likeness (QED) is 0.641. The molecule has 0 aliphatic carbocycles. The Morgan fingerprint density at radius 1 is 1.10 bits per heavy atom. The number of rotatable bonds is 6. The van der Waals surface area contributed by atoms with Gasteiger partial charge in [0.25, 0.3) is 0 Å². The number of esters is 1. The minimum atomic E-state index is -0.422. The number of carbonyl (C=O) groups excluding carboxylic acids is 1. The monoisotopic (exact) mass is 281 g/mol. The molecular formula is C15H23NO4. The molecule has 0 amide bonds. The molecule has 0 bridgehead atoms. The fourth-order valence-electron chi connectivity index (χ4n) is 1.64. The van der Waals surface area contributed by atoms with E-state index in [1.54, 1.807) is 19.1 Å². The van der Waals surface area contributed by atoms with Crippen LogP contribution in [0.2, 0.25) is 0 Å². The van der Waals surface area contributed by atoms with Crippen molar-refractivity contribution in [2.24, 2.45) is 0 Å². The third-order valence-corrected chi connectivity index (χ3v) is 2.34. The maximum atomic E-state index is 11.9. The molecule has 0 unspecified atom stereocenters. The van der Waals surface area contributed by atoms with Gasteiger partial charge in [-0.15, -0.1) is 0 Å². The predicted molar refractivity (Wildman–Crippen MR) is 78.3 cm³/mol. The zero-order valence-electron chi connectivity index (χ0n) is 12.7. The number of nitrogen functional groups attached to an aromatic ring is 1. The highest BCUT2D eigenvalue weighted by Crippen LogP contribution is 2.35. The lowest BCUT2D eigenvalue weighted by Gasteiger charge is -2.18. The maximum Gasteiger partial charge on any atom is 0.338 e. The van der Waals surface area contributed by atoms with E-state index in [0.29, 0.717) is 29.4 Å². The molecule has 5 heteroatoms. The molecule has 0 heterocycles. The molecule has 0 atom stereocenters. The predicted octanol–water partition coefficient (Wildman–Crippen LogP) is 3.02. The molecule has 0 fully saturated rings. The topological polar surface area (TPSA) is 70.8 Å². The minimum absolute atomic E-state index is 0.0540. The van der Waals surface area contributed by atoms with Gasteiger partial charge in [-0.3, -0.25) is 0 Å². The molecule has 0 saturated heterocycles. The summed E-state index contributed by atoms with van der Waals surface area (Å²) in [4.78, 5) is 11.9. The van der Waals surface area contributed by atoms with Gasteiger partial charge in [-0.2, -0.15) is 0 Å². The van der Waals surface area contributed by atoms with Gasteiger partial charge in [-0.1, -0.05) is 0 Å². The van der Waals surface area contributed by atoms with Gasteiger partial charge in [-0.25, -0.2) is 4.79 Å². The Labute approximate surface area is 120 Å². The van der Waals surface area contributed by atoms with Gasteiger partial charge < -0.3 is 19.9 Å². The minimum Gasteiger partial charge on any atom is -0.489 e. The van der Waals surface area contributed by atoms with E-state index >= 15 is 0 Å². The van der Waals surface area contributed by atoms with E-state index in [4.69, 9.17) is 19.9 Å². The van der Waals surface area contributed by atoms with Crippen LogP contribution >= 0.6 is 0 Å². The van der Waals surface area contributed by atoms with Crippen molar-refractivity contribution in [3.05, 3.63) is 17.7 Å². The summed E-state index contributed by atoms with van der Waals surface area (Å²) in [5, 5.41) is 0. The molecule has 0 aliphatic rings. The second-order valence-corrected chi connectivity index (χ2v) is 4.94. The molecule has 0 saturated carbocycles. The summed E-state index contributed by atoms with van der Waals surface area (Å²) in [6.07, 6.45) is -0.108. The van der Waals surface area contributed by atoms with E-state index in [-0.39, 0.29) is 12.2 Å². The summed E-state index contributed by atoms with van der Waals surface area (Å²) in [6.45, 7) is 9.62.